The molecule has 14 heavy (non-hydrogen) atoms. The number of methoxy groups -OCH3 is 1. The van der Waals surface area contributed by atoms with Gasteiger partial charge < -0.3 is 4.74 Å². The third-order valence-electron chi connectivity index (χ3n) is 2.78. The zero-order valence-electron chi connectivity index (χ0n) is 9.42. The van der Waals surface area contributed by atoms with Crippen molar-refractivity contribution in [2.45, 2.75) is 31.0 Å². The van der Waals surface area contributed by atoms with E-state index in [0.29, 0.717) is 0 Å². The molecule has 0 amide bonds. The van der Waals surface area contributed by atoms with E-state index < -0.39 is 14.1 Å². The van der Waals surface area contributed by atoms with Crippen LogP contribution in [0, 0.1) is 0 Å². The van der Waals surface area contributed by atoms with E-state index in [1.807, 2.05) is 0 Å². The van der Waals surface area contributed by atoms with Crippen molar-refractivity contribution in [2.24, 2.45) is 0 Å². The predicted molar refractivity (Wildman–Crippen MR) is 63.5 cm³/mol. The van der Waals surface area contributed by atoms with Gasteiger partial charge in [0.05, 0.1) is 6.61 Å². The van der Waals surface area contributed by atoms with Crippen LogP contribution in [0.5, 0.6) is 0 Å². The van der Waals surface area contributed by atoms with Gasteiger partial charge in [0.1, 0.15) is 0 Å². The van der Waals surface area contributed by atoms with Gasteiger partial charge in [-0.25, -0.2) is 10.6 Å². The Kier molecular flexibility index (Phi) is 5.26. The first-order valence-corrected chi connectivity index (χ1v) is 7.61. The van der Waals surface area contributed by atoms with E-state index in [1.165, 1.54) is 16.1 Å². The molecule has 0 aliphatic carbocycles. The van der Waals surface area contributed by atoms with Gasteiger partial charge in [0, 0.05) is 21.3 Å². The molecule has 1 aromatic carbocycles. The summed E-state index contributed by atoms with van der Waals surface area (Å²) in [7, 11) is 1.77. The fourth-order valence-corrected chi connectivity index (χ4v) is 4.49. The molecule has 0 aliphatic rings. The molecule has 0 N–H and O–H groups in total. The lowest BCUT2D eigenvalue weighted by Gasteiger charge is -2.25. The summed E-state index contributed by atoms with van der Waals surface area (Å²) >= 11 is -0.701. The van der Waals surface area contributed by atoms with Crippen molar-refractivity contribution >= 4 is 18.6 Å². The quantitative estimate of drug-likeness (QED) is 0.673. The average molecular weight is 206 g/mol. The summed E-state index contributed by atoms with van der Waals surface area (Å²) in [6.07, 6.45) is 0. The molecule has 0 atom stereocenters. The van der Waals surface area contributed by atoms with Crippen LogP contribution in [-0.2, 0) is 11.3 Å². The smallest absolute Gasteiger partial charge is 0.0675 e. The fourth-order valence-electron chi connectivity index (χ4n) is 1.95. The Morgan fingerprint density at radius 3 is 2.36 bits per heavy atom. The largest absolute Gasteiger partial charge is 0.380 e. The van der Waals surface area contributed by atoms with Crippen LogP contribution in [0.3, 0.4) is 0 Å². The summed E-state index contributed by atoms with van der Waals surface area (Å²) in [6.45, 7) is 5.38. The van der Waals surface area contributed by atoms with Crippen LogP contribution in [-0.4, -0.2) is 21.3 Å². The molecule has 77 valence electrons. The van der Waals surface area contributed by atoms with Gasteiger partial charge in [-0.2, -0.15) is 0 Å². The Labute approximate surface area is 91.5 Å². The van der Waals surface area contributed by atoms with E-state index in [2.05, 4.69) is 38.1 Å². The minimum absolute atomic E-state index is 0.701. The minimum Gasteiger partial charge on any atom is -0.380 e. The lowest BCUT2D eigenvalue weighted by molar-refractivity contribution is 0.185. The maximum Gasteiger partial charge on any atom is 0.0675 e. The first-order chi connectivity index (χ1) is 6.83. The first kappa shape index (κ1) is 11.8. The highest BCUT2D eigenvalue weighted by Crippen LogP contribution is 2.05. The molecule has 1 aromatic rings. The second-order valence-corrected chi connectivity index (χ2v) is 7.29. The Morgan fingerprint density at radius 2 is 1.79 bits per heavy atom. The van der Waals surface area contributed by atoms with Crippen molar-refractivity contribution in [1.82, 2.24) is 0 Å². The van der Waals surface area contributed by atoms with Gasteiger partial charge in [-0.3, -0.25) is 4.43 Å². The third-order valence-corrected chi connectivity index (χ3v) is 6.19. The van der Waals surface area contributed by atoms with Gasteiger partial charge in [0.25, 0.3) is 0 Å². The molecule has 0 saturated heterocycles. The second-order valence-electron chi connectivity index (χ2n) is 3.65. The van der Waals surface area contributed by atoms with Gasteiger partial charge in [0.2, 0.25) is 0 Å². The molecule has 2 heteroatoms. The molecule has 0 aliphatic heterocycles. The standard InChI is InChI=1S/C8H9O.2C2H5.Al/c1-9-7-8-5-3-2-4-6-8;2*1-2;/h2-5H,7H2,1H3;2*1H2,2H3;/q;;;-1. The van der Waals surface area contributed by atoms with Crippen LogP contribution in [0.1, 0.15) is 19.4 Å². The Morgan fingerprint density at radius 1 is 1.14 bits per heavy atom. The van der Waals surface area contributed by atoms with Crippen LogP contribution in [0.25, 0.3) is 0 Å². The van der Waals surface area contributed by atoms with Gasteiger partial charge in [-0.15, -0.1) is 19.9 Å². The maximum absolute atomic E-state index is 5.23. The maximum atomic E-state index is 5.23. The van der Waals surface area contributed by atoms with E-state index in [4.69, 9.17) is 4.74 Å². The first-order valence-electron chi connectivity index (χ1n) is 5.40. The van der Waals surface area contributed by atoms with Gasteiger partial charge in [-0.1, -0.05) is 23.8 Å². The van der Waals surface area contributed by atoms with E-state index in [0.717, 1.165) is 6.61 Å². The normalized spacial score (nSPS) is 10.9. The summed E-state index contributed by atoms with van der Waals surface area (Å²) in [5.41, 5.74) is 1.40. The zero-order chi connectivity index (χ0) is 10.4. The van der Waals surface area contributed by atoms with Crippen molar-refractivity contribution in [3.63, 3.8) is 0 Å². The highest BCUT2D eigenvalue weighted by molar-refractivity contribution is 6.73. The molecule has 1 radical (unpaired) electrons. The van der Waals surface area contributed by atoms with Crippen molar-refractivity contribution in [1.29, 1.82) is 0 Å². The molecule has 0 bridgehead atoms. The van der Waals surface area contributed by atoms with E-state index in [9.17, 15) is 0 Å². The minimum atomic E-state index is -0.701. The SMILES string of the molecule is C[CH2][Al-]([CH2]C)[c]1ccccc1COC. The van der Waals surface area contributed by atoms with Gasteiger partial charge in [-0.05, 0) is 0 Å². The zero-order valence-corrected chi connectivity index (χ0v) is 10.6. The predicted octanol–water partition coefficient (Wildman–Crippen LogP) is 2.57. The topological polar surface area (TPSA) is 9.23 Å². The van der Waals surface area contributed by atoms with Crippen LogP contribution in [0.15, 0.2) is 24.3 Å². The molecule has 0 heterocycles. The molecule has 0 fully saturated rings. The Hall–Kier alpha value is -0.288. The van der Waals surface area contributed by atoms with Crippen molar-refractivity contribution in [2.75, 3.05) is 7.11 Å². The highest BCUT2D eigenvalue weighted by Gasteiger charge is 2.02. The highest BCUT2D eigenvalue weighted by atomic mass is 27.2. The van der Waals surface area contributed by atoms with Gasteiger partial charge in [0.15, 0.2) is 0 Å². The van der Waals surface area contributed by atoms with Gasteiger partial charge >= 0.3 is 0 Å². The average Bonchev–Trinajstić information content (AvgIpc) is 2.23. The molecule has 0 saturated carbocycles. The Bertz CT molecular complexity index is 269. The molecule has 1 rings (SSSR count). The number of hydrogen-bond donors (Lipinski definition) is 0. The van der Waals surface area contributed by atoms with Crippen molar-refractivity contribution in [3.8, 4) is 0 Å². The number of hydrogen-bond acceptors (Lipinski definition) is 1. The summed E-state index contributed by atoms with van der Waals surface area (Å²) < 4.78 is 6.83. The van der Waals surface area contributed by atoms with Crippen LogP contribution >= 0.6 is 0 Å². The molecule has 1 nitrogen and oxygen atoms in total. The van der Waals surface area contributed by atoms with Crippen LogP contribution in [0.2, 0.25) is 10.6 Å². The monoisotopic (exact) mass is 206 g/mol. The molecular formula is C12H19AlO-. The van der Waals surface area contributed by atoms with E-state index in [-0.39, 0.29) is 0 Å². The third kappa shape index (κ3) is 2.85. The number of ether oxygens (including phenoxy) is 1. The van der Waals surface area contributed by atoms with E-state index >= 15 is 0 Å². The lowest BCUT2D eigenvalue weighted by atomic mass is 10.2. The number of rotatable bonds is 5. The second kappa shape index (κ2) is 6.24. The summed E-state index contributed by atoms with van der Waals surface area (Å²) in [5.74, 6) is 0. The Balaban J connectivity index is 2.92. The van der Waals surface area contributed by atoms with Crippen LogP contribution in [0.4, 0.5) is 0 Å². The molecule has 0 spiro atoms. The van der Waals surface area contributed by atoms with E-state index in [1.54, 1.807) is 11.5 Å². The van der Waals surface area contributed by atoms with Crippen molar-refractivity contribution < 1.29 is 4.74 Å². The summed E-state index contributed by atoms with van der Waals surface area (Å²) in [6, 6.07) is 8.75. The lowest BCUT2D eigenvalue weighted by Crippen LogP contribution is -2.31. The molecular weight excluding hydrogens is 187 g/mol. The summed E-state index contributed by atoms with van der Waals surface area (Å²) in [5, 5.41) is 2.69. The molecule has 0 unspecified atom stereocenters. The fraction of sp³-hybridized carbons (Fsp3) is 0.500. The summed E-state index contributed by atoms with van der Waals surface area (Å²) in [4.78, 5) is 0. The molecule has 0 aromatic heterocycles. The van der Waals surface area contributed by atoms with Crippen molar-refractivity contribution in [3.05, 3.63) is 29.8 Å². The number of benzene rings is 1. The van der Waals surface area contributed by atoms with Crippen LogP contribution < -0.4 is 4.43 Å².